The predicted octanol–water partition coefficient (Wildman–Crippen LogP) is 2.27. The van der Waals surface area contributed by atoms with Crippen LogP contribution in [0.1, 0.15) is 12.8 Å². The van der Waals surface area contributed by atoms with E-state index in [1.54, 1.807) is 29.2 Å². The highest BCUT2D eigenvalue weighted by Gasteiger charge is 2.44. The van der Waals surface area contributed by atoms with Crippen LogP contribution in [-0.2, 0) is 0 Å². The minimum absolute atomic E-state index is 0.391. The van der Waals surface area contributed by atoms with E-state index in [1.165, 1.54) is 0 Å². The molecule has 0 unspecified atom stereocenters. The largest absolute Gasteiger partial charge is 0.321 e. The van der Waals surface area contributed by atoms with Gasteiger partial charge in [-0.25, -0.2) is 14.5 Å². The SMILES string of the molecule is C=CC(=C)n1ncc2cc(NC(=O)NC3(C#N)CC3)ncc21. The van der Waals surface area contributed by atoms with Crippen molar-refractivity contribution in [1.29, 1.82) is 5.26 Å². The molecular formula is C15H14N6O. The Bertz CT molecular complexity index is 824. The van der Waals surface area contributed by atoms with Gasteiger partial charge in [0.25, 0.3) is 0 Å². The lowest BCUT2D eigenvalue weighted by molar-refractivity contribution is 0.249. The first kappa shape index (κ1) is 13.8. The number of hydrogen-bond donors (Lipinski definition) is 2. The van der Waals surface area contributed by atoms with E-state index >= 15 is 0 Å². The number of carbonyl (C=O) groups is 1. The molecule has 2 aromatic heterocycles. The molecule has 1 fully saturated rings. The molecule has 0 saturated heterocycles. The highest BCUT2D eigenvalue weighted by atomic mass is 16.2. The van der Waals surface area contributed by atoms with Crippen LogP contribution < -0.4 is 10.6 Å². The number of pyridine rings is 1. The molecule has 2 amide bonds. The summed E-state index contributed by atoms with van der Waals surface area (Å²) in [5.41, 5.74) is 0.701. The van der Waals surface area contributed by atoms with Gasteiger partial charge in [-0.15, -0.1) is 0 Å². The molecule has 0 bridgehead atoms. The van der Waals surface area contributed by atoms with Crippen LogP contribution in [-0.4, -0.2) is 26.3 Å². The van der Waals surface area contributed by atoms with Crippen molar-refractivity contribution in [2.75, 3.05) is 5.32 Å². The zero-order valence-electron chi connectivity index (χ0n) is 11.8. The van der Waals surface area contributed by atoms with Gasteiger partial charge in [-0.05, 0) is 25.0 Å². The molecule has 7 heteroatoms. The van der Waals surface area contributed by atoms with Gasteiger partial charge in [0, 0.05) is 5.39 Å². The third kappa shape index (κ3) is 2.42. The number of fused-ring (bicyclic) bond motifs is 1. The third-order valence-electron chi connectivity index (χ3n) is 3.52. The number of rotatable bonds is 4. The predicted molar refractivity (Wildman–Crippen MR) is 82.8 cm³/mol. The number of carbonyl (C=O) groups excluding carboxylic acids is 1. The van der Waals surface area contributed by atoms with E-state index in [0.29, 0.717) is 24.4 Å². The fourth-order valence-corrected chi connectivity index (χ4v) is 2.06. The summed E-state index contributed by atoms with van der Waals surface area (Å²) in [5.74, 6) is 0.391. The average molecular weight is 294 g/mol. The Hall–Kier alpha value is -3.14. The summed E-state index contributed by atoms with van der Waals surface area (Å²) in [6, 6.07) is 3.37. The number of aromatic nitrogens is 3. The quantitative estimate of drug-likeness (QED) is 0.845. The molecule has 22 heavy (non-hydrogen) atoms. The molecule has 3 rings (SSSR count). The summed E-state index contributed by atoms with van der Waals surface area (Å²) < 4.78 is 1.62. The lowest BCUT2D eigenvalue weighted by atomic mass is 10.3. The summed E-state index contributed by atoms with van der Waals surface area (Å²) in [6.45, 7) is 7.49. The van der Waals surface area contributed by atoms with Gasteiger partial charge in [-0.2, -0.15) is 10.4 Å². The Morgan fingerprint density at radius 3 is 2.91 bits per heavy atom. The van der Waals surface area contributed by atoms with Crippen LogP contribution in [0.25, 0.3) is 16.6 Å². The Balaban J connectivity index is 1.78. The lowest BCUT2D eigenvalue weighted by Crippen LogP contribution is -2.38. The van der Waals surface area contributed by atoms with Crippen molar-refractivity contribution >= 4 is 28.4 Å². The molecule has 0 atom stereocenters. The van der Waals surface area contributed by atoms with Gasteiger partial charge in [0.1, 0.15) is 11.4 Å². The number of amides is 2. The van der Waals surface area contributed by atoms with Crippen molar-refractivity contribution in [3.63, 3.8) is 0 Å². The molecule has 1 aliphatic rings. The molecule has 2 heterocycles. The van der Waals surface area contributed by atoms with Gasteiger partial charge in [0.05, 0.1) is 29.7 Å². The second-order valence-corrected chi connectivity index (χ2v) is 5.15. The van der Waals surface area contributed by atoms with Gasteiger partial charge in [-0.1, -0.05) is 13.2 Å². The fourth-order valence-electron chi connectivity index (χ4n) is 2.06. The molecule has 2 N–H and O–H groups in total. The van der Waals surface area contributed by atoms with E-state index in [1.807, 2.05) is 0 Å². The number of nitriles is 1. The van der Waals surface area contributed by atoms with Gasteiger partial charge in [0.15, 0.2) is 0 Å². The summed E-state index contributed by atoms with van der Waals surface area (Å²) in [5, 5.41) is 19.2. The number of allylic oxidation sites excluding steroid dienone is 2. The minimum atomic E-state index is -0.708. The fraction of sp³-hybridized carbons (Fsp3) is 0.200. The molecule has 2 aromatic rings. The first-order chi connectivity index (χ1) is 10.6. The van der Waals surface area contributed by atoms with Crippen LogP contribution in [0.3, 0.4) is 0 Å². The van der Waals surface area contributed by atoms with Crippen molar-refractivity contribution in [1.82, 2.24) is 20.1 Å². The van der Waals surface area contributed by atoms with Crippen LogP contribution in [0.2, 0.25) is 0 Å². The second kappa shape index (κ2) is 5.00. The summed E-state index contributed by atoms with van der Waals surface area (Å²) in [4.78, 5) is 16.0. The summed E-state index contributed by atoms with van der Waals surface area (Å²) in [6.07, 6.45) is 6.22. The molecule has 1 aliphatic carbocycles. The van der Waals surface area contributed by atoms with Crippen molar-refractivity contribution in [2.24, 2.45) is 0 Å². The molecule has 0 aromatic carbocycles. The minimum Gasteiger partial charge on any atom is -0.319 e. The molecule has 7 nitrogen and oxygen atoms in total. The zero-order valence-corrected chi connectivity index (χ0v) is 11.8. The first-order valence-electron chi connectivity index (χ1n) is 6.73. The molecule has 0 radical (unpaired) electrons. The molecule has 0 spiro atoms. The Morgan fingerprint density at radius 1 is 1.50 bits per heavy atom. The van der Waals surface area contributed by atoms with Gasteiger partial charge < -0.3 is 5.32 Å². The molecular weight excluding hydrogens is 280 g/mol. The molecule has 0 aliphatic heterocycles. The van der Waals surface area contributed by atoms with E-state index in [-0.39, 0.29) is 0 Å². The van der Waals surface area contributed by atoms with Crippen molar-refractivity contribution in [3.05, 3.63) is 37.7 Å². The molecule has 110 valence electrons. The Morgan fingerprint density at radius 2 is 2.27 bits per heavy atom. The number of anilines is 1. The highest BCUT2D eigenvalue weighted by molar-refractivity contribution is 5.92. The smallest absolute Gasteiger partial charge is 0.319 e. The van der Waals surface area contributed by atoms with E-state index < -0.39 is 11.6 Å². The van der Waals surface area contributed by atoms with E-state index in [9.17, 15) is 4.79 Å². The van der Waals surface area contributed by atoms with Gasteiger partial charge in [0.2, 0.25) is 0 Å². The highest BCUT2D eigenvalue weighted by Crippen LogP contribution is 2.34. The third-order valence-corrected chi connectivity index (χ3v) is 3.52. The average Bonchev–Trinajstić information content (AvgIpc) is 3.16. The summed E-state index contributed by atoms with van der Waals surface area (Å²) in [7, 11) is 0. The van der Waals surface area contributed by atoms with Crippen LogP contribution >= 0.6 is 0 Å². The number of urea groups is 1. The monoisotopic (exact) mass is 294 g/mol. The van der Waals surface area contributed by atoms with Crippen molar-refractivity contribution < 1.29 is 4.79 Å². The van der Waals surface area contributed by atoms with E-state index in [2.05, 4.69) is 39.9 Å². The topological polar surface area (TPSA) is 95.6 Å². The van der Waals surface area contributed by atoms with Gasteiger partial charge in [-0.3, -0.25) is 5.32 Å². The van der Waals surface area contributed by atoms with E-state index in [0.717, 1.165) is 10.9 Å². The zero-order chi connectivity index (χ0) is 15.7. The first-order valence-corrected chi connectivity index (χ1v) is 6.73. The normalized spacial score (nSPS) is 14.9. The Kier molecular flexibility index (Phi) is 3.14. The van der Waals surface area contributed by atoms with Crippen LogP contribution in [0.4, 0.5) is 10.6 Å². The van der Waals surface area contributed by atoms with Gasteiger partial charge >= 0.3 is 6.03 Å². The van der Waals surface area contributed by atoms with Crippen LogP contribution in [0.5, 0.6) is 0 Å². The van der Waals surface area contributed by atoms with Crippen molar-refractivity contribution in [2.45, 2.75) is 18.4 Å². The number of hydrogen-bond acceptors (Lipinski definition) is 4. The number of nitrogens with zero attached hydrogens (tertiary/aromatic N) is 4. The maximum atomic E-state index is 11.9. The lowest BCUT2D eigenvalue weighted by Gasteiger charge is -2.10. The second-order valence-electron chi connectivity index (χ2n) is 5.15. The van der Waals surface area contributed by atoms with Crippen LogP contribution in [0.15, 0.2) is 37.7 Å². The van der Waals surface area contributed by atoms with Crippen LogP contribution in [0, 0.1) is 11.3 Å². The summed E-state index contributed by atoms with van der Waals surface area (Å²) >= 11 is 0. The Labute approximate surface area is 126 Å². The molecule has 1 saturated carbocycles. The van der Waals surface area contributed by atoms with E-state index in [4.69, 9.17) is 5.26 Å². The van der Waals surface area contributed by atoms with Crippen molar-refractivity contribution in [3.8, 4) is 6.07 Å². The standard InChI is InChI=1S/C15H14N6O/c1-3-10(2)21-12-8-17-13(6-11(12)7-18-21)19-14(22)20-15(9-16)4-5-15/h3,6-8H,1-2,4-5H2,(H2,17,19,20,22). The number of nitrogens with one attached hydrogen (secondary N) is 2. The maximum Gasteiger partial charge on any atom is 0.321 e. The maximum absolute atomic E-state index is 11.9.